The Morgan fingerprint density at radius 3 is 2.17 bits per heavy atom. The van der Waals surface area contributed by atoms with Crippen molar-refractivity contribution in [1.82, 2.24) is 0 Å². The first-order chi connectivity index (χ1) is 19.7. The number of unbranched alkanes of at least 4 members (excludes halogenated alkanes) is 1. The quantitative estimate of drug-likeness (QED) is 0.193. The molecule has 2 aliphatic rings. The summed E-state index contributed by atoms with van der Waals surface area (Å²) in [5, 5.41) is 0. The maximum atomic E-state index is 6.63. The van der Waals surface area contributed by atoms with Gasteiger partial charge in [-0.1, -0.05) is 78.9 Å². The molecule has 0 aromatic heterocycles. The zero-order chi connectivity index (χ0) is 27.6. The van der Waals surface area contributed by atoms with Gasteiger partial charge in [-0.05, 0) is 36.1 Å². The van der Waals surface area contributed by atoms with E-state index in [4.69, 9.17) is 33.2 Å². The molecule has 2 aliphatic heterocycles. The summed E-state index contributed by atoms with van der Waals surface area (Å²) < 4.78 is 43.8. The summed E-state index contributed by atoms with van der Waals surface area (Å²) in [6.07, 6.45) is 0.613. The lowest BCUT2D eigenvalue weighted by Crippen LogP contribution is -2.63. The molecule has 0 bridgehead atoms. The molecule has 7 heteroatoms. The molecule has 0 saturated carbocycles. The highest BCUT2D eigenvalue weighted by Crippen LogP contribution is 2.37. The van der Waals surface area contributed by atoms with Crippen molar-refractivity contribution in [3.05, 3.63) is 114 Å². The first-order valence-electron chi connectivity index (χ1n) is 13.8. The van der Waals surface area contributed by atoms with Crippen LogP contribution in [0.4, 0.5) is 0 Å². The van der Waals surface area contributed by atoms with Gasteiger partial charge in [-0.25, -0.2) is 0 Å². The summed E-state index contributed by atoms with van der Waals surface area (Å²) in [4.78, 5) is 0. The number of ether oxygens (including phenoxy) is 7. The van der Waals surface area contributed by atoms with Gasteiger partial charge in [0.15, 0.2) is 12.6 Å². The molecular weight excluding hydrogens is 508 g/mol. The third kappa shape index (κ3) is 7.37. The molecule has 7 nitrogen and oxygen atoms in total. The van der Waals surface area contributed by atoms with Gasteiger partial charge in [-0.15, -0.1) is 6.58 Å². The van der Waals surface area contributed by atoms with E-state index in [1.54, 1.807) is 7.11 Å². The maximum Gasteiger partial charge on any atom is 0.186 e. The number of fused-ring (bicyclic) bond motifs is 1. The van der Waals surface area contributed by atoms with E-state index in [9.17, 15) is 0 Å². The predicted octanol–water partition coefficient (Wildman–Crippen LogP) is 5.99. The van der Waals surface area contributed by atoms with Gasteiger partial charge in [0.1, 0.15) is 30.2 Å². The van der Waals surface area contributed by atoms with E-state index in [1.807, 2.05) is 91.0 Å². The Morgan fingerprint density at radius 1 is 0.800 bits per heavy atom. The van der Waals surface area contributed by atoms with Crippen LogP contribution in [0, 0.1) is 0 Å². The smallest absolute Gasteiger partial charge is 0.186 e. The minimum atomic E-state index is -0.642. The highest BCUT2D eigenvalue weighted by molar-refractivity contribution is 5.26. The van der Waals surface area contributed by atoms with E-state index in [0.29, 0.717) is 26.4 Å². The lowest BCUT2D eigenvalue weighted by atomic mass is 9.97. The Morgan fingerprint density at radius 2 is 1.48 bits per heavy atom. The average molecular weight is 547 g/mol. The Bertz CT molecular complexity index is 1150. The van der Waals surface area contributed by atoms with Gasteiger partial charge < -0.3 is 33.2 Å². The molecule has 0 N–H and O–H groups in total. The fourth-order valence-electron chi connectivity index (χ4n) is 4.93. The molecular formula is C33H38O7. The molecule has 0 aliphatic carbocycles. The average Bonchev–Trinajstić information content (AvgIpc) is 3.02. The molecule has 0 amide bonds. The van der Waals surface area contributed by atoms with E-state index in [2.05, 4.69) is 6.58 Å². The van der Waals surface area contributed by atoms with Crippen molar-refractivity contribution < 1.29 is 33.2 Å². The van der Waals surface area contributed by atoms with Crippen molar-refractivity contribution in [2.75, 3.05) is 20.3 Å². The number of hydrogen-bond donors (Lipinski definition) is 0. The summed E-state index contributed by atoms with van der Waals surface area (Å²) in [6.45, 7) is 5.43. The standard InChI is InChI=1S/C33H38O7/c1-3-4-11-20-35-33-31(37-21-24-12-7-5-8-13-24)30(36-22-25-16-18-27(34-2)19-17-25)29-28(39-33)23-38-32(40-29)26-14-9-6-10-15-26/h3,5-10,12-19,28-33H,1,4,11,20-23H2,2H3/t28-,29+,30+,31-,32?,33-/m1/s1. The van der Waals surface area contributed by atoms with Crippen LogP contribution in [-0.4, -0.2) is 51.0 Å². The summed E-state index contributed by atoms with van der Waals surface area (Å²) in [5.74, 6) is 0.797. The minimum absolute atomic E-state index is 0.352. The zero-order valence-corrected chi connectivity index (χ0v) is 22.9. The van der Waals surface area contributed by atoms with Gasteiger partial charge >= 0.3 is 0 Å². The topological polar surface area (TPSA) is 64.6 Å². The van der Waals surface area contributed by atoms with Crippen molar-refractivity contribution in [3.8, 4) is 5.75 Å². The number of hydrogen-bond acceptors (Lipinski definition) is 7. The molecule has 6 atom stereocenters. The molecule has 0 radical (unpaired) electrons. The van der Waals surface area contributed by atoms with Gasteiger partial charge in [0.2, 0.25) is 0 Å². The number of rotatable bonds is 13. The van der Waals surface area contributed by atoms with Crippen LogP contribution >= 0.6 is 0 Å². The molecule has 3 aromatic rings. The van der Waals surface area contributed by atoms with E-state index in [0.717, 1.165) is 35.3 Å². The monoisotopic (exact) mass is 546 g/mol. The van der Waals surface area contributed by atoms with Crippen molar-refractivity contribution in [2.24, 2.45) is 0 Å². The molecule has 212 valence electrons. The van der Waals surface area contributed by atoms with Crippen LogP contribution in [0.15, 0.2) is 97.6 Å². The van der Waals surface area contributed by atoms with E-state index in [-0.39, 0.29) is 6.10 Å². The van der Waals surface area contributed by atoms with Crippen molar-refractivity contribution in [1.29, 1.82) is 0 Å². The number of allylic oxidation sites excluding steroid dienone is 1. The maximum absolute atomic E-state index is 6.63. The Balaban J connectivity index is 1.39. The molecule has 5 rings (SSSR count). The molecule has 3 aromatic carbocycles. The Labute approximate surface area is 236 Å². The van der Waals surface area contributed by atoms with E-state index < -0.39 is 30.9 Å². The second-order valence-corrected chi connectivity index (χ2v) is 9.91. The van der Waals surface area contributed by atoms with Crippen molar-refractivity contribution in [2.45, 2.75) is 63.1 Å². The van der Waals surface area contributed by atoms with Gasteiger partial charge in [0.25, 0.3) is 0 Å². The largest absolute Gasteiger partial charge is 0.497 e. The van der Waals surface area contributed by atoms with Crippen molar-refractivity contribution in [3.63, 3.8) is 0 Å². The number of benzene rings is 3. The van der Waals surface area contributed by atoms with Crippen LogP contribution in [-0.2, 0) is 41.6 Å². The second kappa shape index (κ2) is 14.6. The molecule has 40 heavy (non-hydrogen) atoms. The van der Waals surface area contributed by atoms with Crippen LogP contribution in [0.3, 0.4) is 0 Å². The van der Waals surface area contributed by atoms with E-state index >= 15 is 0 Å². The highest BCUT2D eigenvalue weighted by atomic mass is 16.8. The van der Waals surface area contributed by atoms with Crippen LogP contribution in [0.1, 0.15) is 35.8 Å². The second-order valence-electron chi connectivity index (χ2n) is 9.91. The van der Waals surface area contributed by atoms with Gasteiger partial charge in [0.05, 0.1) is 33.5 Å². The molecule has 2 heterocycles. The van der Waals surface area contributed by atoms with Gasteiger partial charge in [-0.2, -0.15) is 0 Å². The third-order valence-corrected chi connectivity index (χ3v) is 7.08. The summed E-state index contributed by atoms with van der Waals surface area (Å²) >= 11 is 0. The first kappa shape index (κ1) is 28.5. The molecule has 2 fully saturated rings. The van der Waals surface area contributed by atoms with Crippen LogP contribution < -0.4 is 4.74 Å². The Kier molecular flexibility index (Phi) is 10.4. The molecule has 2 saturated heterocycles. The summed E-state index contributed by atoms with van der Waals surface area (Å²) in [5.41, 5.74) is 3.01. The zero-order valence-electron chi connectivity index (χ0n) is 22.9. The Hall–Kier alpha value is -3.04. The number of methoxy groups -OCH3 is 1. The lowest BCUT2D eigenvalue weighted by molar-refractivity contribution is -0.372. The SMILES string of the molecule is C=CCCCO[C@@H]1O[C@@H]2COC(c3ccccc3)O[C@@H]2[C@H](OCc2ccc(OC)cc2)[C@H]1OCc1ccccc1. The fraction of sp³-hybridized carbons (Fsp3) is 0.394. The van der Waals surface area contributed by atoms with E-state index in [1.165, 1.54) is 0 Å². The molecule has 0 spiro atoms. The van der Waals surface area contributed by atoms with Gasteiger partial charge in [-0.3, -0.25) is 0 Å². The highest BCUT2D eigenvalue weighted by Gasteiger charge is 2.51. The molecule has 1 unspecified atom stereocenters. The van der Waals surface area contributed by atoms with Crippen molar-refractivity contribution >= 4 is 0 Å². The third-order valence-electron chi connectivity index (χ3n) is 7.08. The van der Waals surface area contributed by atoms with Crippen LogP contribution in [0.25, 0.3) is 0 Å². The summed E-state index contributed by atoms with van der Waals surface area (Å²) in [7, 11) is 1.66. The van der Waals surface area contributed by atoms with Gasteiger partial charge in [0, 0.05) is 5.56 Å². The summed E-state index contributed by atoms with van der Waals surface area (Å²) in [6, 6.07) is 27.8. The fourth-order valence-corrected chi connectivity index (χ4v) is 4.93. The minimum Gasteiger partial charge on any atom is -0.497 e. The first-order valence-corrected chi connectivity index (χ1v) is 13.8. The normalized spacial score (nSPS) is 26.1. The van der Waals surface area contributed by atoms with Crippen LogP contribution in [0.5, 0.6) is 5.75 Å². The van der Waals surface area contributed by atoms with Crippen LogP contribution in [0.2, 0.25) is 0 Å². The lowest BCUT2D eigenvalue weighted by Gasteiger charge is -2.49. The predicted molar refractivity (Wildman–Crippen MR) is 151 cm³/mol.